The third-order valence-electron chi connectivity index (χ3n) is 4.81. The molecule has 0 saturated heterocycles. The van der Waals surface area contributed by atoms with Crippen molar-refractivity contribution in [3.8, 4) is 11.3 Å². The van der Waals surface area contributed by atoms with E-state index in [9.17, 15) is 9.18 Å². The number of halogens is 2. The van der Waals surface area contributed by atoms with E-state index in [4.69, 9.17) is 0 Å². The molecule has 0 bridgehead atoms. The van der Waals surface area contributed by atoms with Gasteiger partial charge in [0.1, 0.15) is 11.6 Å². The third kappa shape index (κ3) is 3.93. The zero-order valence-corrected chi connectivity index (χ0v) is 17.3. The van der Waals surface area contributed by atoms with Crippen molar-refractivity contribution in [3.05, 3.63) is 70.6 Å². The van der Waals surface area contributed by atoms with E-state index in [0.717, 1.165) is 10.0 Å². The number of carbonyl (C=O) groups excluding carboxylic acids is 1. The predicted octanol–water partition coefficient (Wildman–Crippen LogP) is 3.96. The average Bonchev–Trinajstić information content (AvgIpc) is 3.13. The Labute approximate surface area is 175 Å². The van der Waals surface area contributed by atoms with E-state index in [-0.39, 0.29) is 17.6 Å². The number of fused-ring (bicyclic) bond motifs is 1. The SMILES string of the molecule is CNC(=O)C1C=CC(CNc2cc(-c3ccccc3F)nc3c(Br)cnn23)=CC1. The van der Waals surface area contributed by atoms with Crippen molar-refractivity contribution < 1.29 is 9.18 Å². The minimum atomic E-state index is -0.330. The van der Waals surface area contributed by atoms with E-state index in [0.29, 0.717) is 35.7 Å². The van der Waals surface area contributed by atoms with E-state index in [1.54, 1.807) is 42.0 Å². The van der Waals surface area contributed by atoms with Crippen molar-refractivity contribution in [2.24, 2.45) is 5.92 Å². The molecular formula is C21H19BrFN5O. The van der Waals surface area contributed by atoms with E-state index >= 15 is 0 Å². The number of amides is 1. The van der Waals surface area contributed by atoms with Gasteiger partial charge in [-0.25, -0.2) is 9.37 Å². The van der Waals surface area contributed by atoms with Crippen LogP contribution in [0.3, 0.4) is 0 Å². The molecule has 0 spiro atoms. The van der Waals surface area contributed by atoms with E-state index in [2.05, 4.69) is 36.6 Å². The summed E-state index contributed by atoms with van der Waals surface area (Å²) in [7, 11) is 1.64. The van der Waals surface area contributed by atoms with Crippen LogP contribution in [0.2, 0.25) is 0 Å². The summed E-state index contributed by atoms with van der Waals surface area (Å²) in [6.45, 7) is 0.546. The molecule has 2 N–H and O–H groups in total. The molecule has 1 amide bonds. The molecule has 0 fully saturated rings. The fraction of sp³-hybridized carbons (Fsp3) is 0.190. The molecule has 148 valence electrons. The maximum Gasteiger partial charge on any atom is 0.226 e. The smallest absolute Gasteiger partial charge is 0.226 e. The van der Waals surface area contributed by atoms with Gasteiger partial charge < -0.3 is 10.6 Å². The molecule has 0 radical (unpaired) electrons. The van der Waals surface area contributed by atoms with Gasteiger partial charge in [0.25, 0.3) is 0 Å². The predicted molar refractivity (Wildman–Crippen MR) is 114 cm³/mol. The number of nitrogens with zero attached hydrogens (tertiary/aromatic N) is 3. The van der Waals surface area contributed by atoms with Crippen molar-refractivity contribution in [2.45, 2.75) is 6.42 Å². The molecule has 1 aromatic carbocycles. The molecule has 0 saturated carbocycles. The highest BCUT2D eigenvalue weighted by atomic mass is 79.9. The Balaban J connectivity index is 1.61. The monoisotopic (exact) mass is 455 g/mol. The zero-order valence-electron chi connectivity index (χ0n) is 15.7. The number of hydrogen-bond donors (Lipinski definition) is 2. The Bertz CT molecular complexity index is 1140. The molecule has 6 nitrogen and oxygen atoms in total. The summed E-state index contributed by atoms with van der Waals surface area (Å²) in [5, 5.41) is 10.4. The molecule has 1 unspecified atom stereocenters. The molecule has 0 aliphatic heterocycles. The average molecular weight is 456 g/mol. The van der Waals surface area contributed by atoms with Crippen LogP contribution in [-0.2, 0) is 4.79 Å². The van der Waals surface area contributed by atoms with Crippen LogP contribution < -0.4 is 10.6 Å². The second-order valence-electron chi connectivity index (χ2n) is 6.68. The van der Waals surface area contributed by atoms with Crippen LogP contribution in [0.1, 0.15) is 6.42 Å². The maximum atomic E-state index is 14.3. The topological polar surface area (TPSA) is 71.3 Å². The Morgan fingerprint density at radius 1 is 1.38 bits per heavy atom. The lowest BCUT2D eigenvalue weighted by Crippen LogP contribution is -2.26. The number of carbonyl (C=O) groups is 1. The fourth-order valence-electron chi connectivity index (χ4n) is 3.24. The number of rotatable bonds is 5. The lowest BCUT2D eigenvalue weighted by molar-refractivity contribution is -0.123. The highest BCUT2D eigenvalue weighted by Gasteiger charge is 2.17. The second kappa shape index (κ2) is 8.16. The molecule has 29 heavy (non-hydrogen) atoms. The number of aromatic nitrogens is 3. The normalized spacial score (nSPS) is 16.0. The Hall–Kier alpha value is -3.00. The Morgan fingerprint density at radius 2 is 2.21 bits per heavy atom. The van der Waals surface area contributed by atoms with Gasteiger partial charge in [0.05, 0.1) is 22.3 Å². The molecular weight excluding hydrogens is 437 g/mol. The van der Waals surface area contributed by atoms with Gasteiger partial charge in [-0.1, -0.05) is 30.4 Å². The molecule has 4 rings (SSSR count). The van der Waals surface area contributed by atoms with Crippen molar-refractivity contribution in [1.82, 2.24) is 19.9 Å². The number of hydrogen-bond acceptors (Lipinski definition) is 4. The summed E-state index contributed by atoms with van der Waals surface area (Å²) in [6.07, 6.45) is 8.22. The maximum absolute atomic E-state index is 14.3. The molecule has 1 aliphatic rings. The largest absolute Gasteiger partial charge is 0.366 e. The number of benzene rings is 1. The first-order valence-electron chi connectivity index (χ1n) is 9.18. The lowest BCUT2D eigenvalue weighted by atomic mass is 9.96. The number of allylic oxidation sites excluding steroid dienone is 1. The van der Waals surface area contributed by atoms with Crippen LogP contribution in [0.4, 0.5) is 10.2 Å². The van der Waals surface area contributed by atoms with Gasteiger partial charge in [0.15, 0.2) is 5.65 Å². The van der Waals surface area contributed by atoms with E-state index < -0.39 is 0 Å². The first kappa shape index (κ1) is 19.3. The third-order valence-corrected chi connectivity index (χ3v) is 5.37. The van der Waals surface area contributed by atoms with Crippen molar-refractivity contribution >= 4 is 33.3 Å². The first-order chi connectivity index (χ1) is 14.1. The van der Waals surface area contributed by atoms with Crippen LogP contribution in [0.15, 0.2) is 64.8 Å². The van der Waals surface area contributed by atoms with E-state index in [1.807, 2.05) is 18.2 Å². The van der Waals surface area contributed by atoms with E-state index in [1.165, 1.54) is 6.07 Å². The zero-order chi connectivity index (χ0) is 20.4. The van der Waals surface area contributed by atoms with Crippen LogP contribution in [0.5, 0.6) is 0 Å². The van der Waals surface area contributed by atoms with Gasteiger partial charge >= 0.3 is 0 Å². The van der Waals surface area contributed by atoms with Crippen LogP contribution >= 0.6 is 15.9 Å². The minimum Gasteiger partial charge on any atom is -0.366 e. The minimum absolute atomic E-state index is 0.0104. The summed E-state index contributed by atoms with van der Waals surface area (Å²) in [6, 6.07) is 8.33. The highest BCUT2D eigenvalue weighted by Crippen LogP contribution is 2.27. The number of anilines is 1. The van der Waals surface area contributed by atoms with Gasteiger partial charge in [-0.05, 0) is 40.1 Å². The molecule has 2 aromatic heterocycles. The first-order valence-corrected chi connectivity index (χ1v) is 9.98. The van der Waals surface area contributed by atoms with Crippen molar-refractivity contribution in [2.75, 3.05) is 18.9 Å². The van der Waals surface area contributed by atoms with Crippen LogP contribution in [0, 0.1) is 11.7 Å². The lowest BCUT2D eigenvalue weighted by Gasteiger charge is -2.16. The van der Waals surface area contributed by atoms with Crippen molar-refractivity contribution in [1.29, 1.82) is 0 Å². The molecule has 3 aromatic rings. The fourth-order valence-corrected chi connectivity index (χ4v) is 3.59. The quantitative estimate of drug-likeness (QED) is 0.610. The second-order valence-corrected chi connectivity index (χ2v) is 7.54. The van der Waals surface area contributed by atoms with Gasteiger partial charge in [0, 0.05) is 25.2 Å². The standard InChI is InChI=1S/C21H19BrFN5O/c1-24-21(29)14-8-6-13(7-9-14)11-25-19-10-18(15-4-2-3-5-17(15)23)27-20-16(22)12-26-28(19)20/h2-8,10,12,14,25H,9,11H2,1H3,(H,24,29). The van der Waals surface area contributed by atoms with Crippen LogP contribution in [-0.4, -0.2) is 34.1 Å². The van der Waals surface area contributed by atoms with Gasteiger partial charge in [0.2, 0.25) is 5.91 Å². The summed E-state index contributed by atoms with van der Waals surface area (Å²) >= 11 is 3.45. The summed E-state index contributed by atoms with van der Waals surface area (Å²) in [5.41, 5.74) is 2.61. The molecule has 1 aliphatic carbocycles. The molecule has 1 atom stereocenters. The van der Waals surface area contributed by atoms with Gasteiger partial charge in [-0.15, -0.1) is 0 Å². The summed E-state index contributed by atoms with van der Waals surface area (Å²) in [4.78, 5) is 16.3. The van der Waals surface area contributed by atoms with Crippen molar-refractivity contribution in [3.63, 3.8) is 0 Å². The van der Waals surface area contributed by atoms with Gasteiger partial charge in [-0.3, -0.25) is 4.79 Å². The highest BCUT2D eigenvalue weighted by molar-refractivity contribution is 9.10. The summed E-state index contributed by atoms with van der Waals surface area (Å²) in [5.74, 6) is 0.244. The summed E-state index contributed by atoms with van der Waals surface area (Å²) < 4.78 is 16.7. The van der Waals surface area contributed by atoms with Crippen LogP contribution in [0.25, 0.3) is 16.9 Å². The van der Waals surface area contributed by atoms with Gasteiger partial charge in [-0.2, -0.15) is 9.61 Å². The molecule has 8 heteroatoms. The molecule has 2 heterocycles. The Kier molecular flexibility index (Phi) is 5.44. The number of nitrogens with one attached hydrogen (secondary N) is 2. The Morgan fingerprint density at radius 3 is 2.93 bits per heavy atom.